The molecule has 0 saturated carbocycles. The van der Waals surface area contributed by atoms with E-state index >= 15 is 0 Å². The van der Waals surface area contributed by atoms with Gasteiger partial charge in [0.15, 0.2) is 0 Å². The summed E-state index contributed by atoms with van der Waals surface area (Å²) in [4.78, 5) is 0. The molecule has 1 atom stereocenters. The minimum Gasteiger partial charge on any atom is -0.320 e. The van der Waals surface area contributed by atoms with Crippen molar-refractivity contribution in [3.63, 3.8) is 0 Å². The largest absolute Gasteiger partial charge is 0.320 e. The summed E-state index contributed by atoms with van der Waals surface area (Å²) in [6, 6.07) is 8.46. The van der Waals surface area contributed by atoms with Gasteiger partial charge in [0.25, 0.3) is 0 Å². The minimum atomic E-state index is -0.491. The Bertz CT molecular complexity index is 564. The highest BCUT2D eigenvalue weighted by Gasteiger charge is 2.14. The highest BCUT2D eigenvalue weighted by molar-refractivity contribution is 9.10. The number of halogens is 3. The van der Waals surface area contributed by atoms with Crippen LogP contribution in [0.4, 0.5) is 8.78 Å². The zero-order valence-electron chi connectivity index (χ0n) is 9.75. The van der Waals surface area contributed by atoms with E-state index in [0.717, 1.165) is 11.1 Å². The van der Waals surface area contributed by atoms with Crippen LogP contribution in [0.3, 0.4) is 0 Å². The van der Waals surface area contributed by atoms with Crippen LogP contribution in [-0.4, -0.2) is 0 Å². The Morgan fingerprint density at radius 3 is 2.39 bits per heavy atom. The standard InChI is InChI=1S/C14H12BrF2N/c1-8-4-9(6-11(17)5-8)14(18)12-3-2-10(16)7-13(12)15/h2-7,14H,18H2,1H3. The Balaban J connectivity index is 2.44. The fourth-order valence-electron chi connectivity index (χ4n) is 1.88. The molecule has 2 N–H and O–H groups in total. The van der Waals surface area contributed by atoms with Crippen LogP contribution in [0, 0.1) is 18.6 Å². The molecule has 2 aromatic carbocycles. The Morgan fingerprint density at radius 1 is 1.06 bits per heavy atom. The second kappa shape index (κ2) is 5.16. The summed E-state index contributed by atoms with van der Waals surface area (Å²) in [6.45, 7) is 1.80. The van der Waals surface area contributed by atoms with Crippen molar-refractivity contribution in [3.05, 3.63) is 69.2 Å². The molecule has 0 amide bonds. The van der Waals surface area contributed by atoms with E-state index in [4.69, 9.17) is 5.73 Å². The van der Waals surface area contributed by atoms with Crippen molar-refractivity contribution < 1.29 is 8.78 Å². The number of nitrogens with two attached hydrogens (primary N) is 1. The molecule has 0 aromatic heterocycles. The van der Waals surface area contributed by atoms with Crippen LogP contribution < -0.4 is 5.73 Å². The summed E-state index contributed by atoms with van der Waals surface area (Å²) < 4.78 is 26.9. The molecule has 0 radical (unpaired) electrons. The molecule has 1 nitrogen and oxygen atoms in total. The van der Waals surface area contributed by atoms with Gasteiger partial charge in [-0.3, -0.25) is 0 Å². The number of hydrogen-bond donors (Lipinski definition) is 1. The highest BCUT2D eigenvalue weighted by Crippen LogP contribution is 2.28. The Kier molecular flexibility index (Phi) is 3.78. The summed E-state index contributed by atoms with van der Waals surface area (Å²) in [5, 5.41) is 0. The van der Waals surface area contributed by atoms with E-state index in [9.17, 15) is 8.78 Å². The molecule has 18 heavy (non-hydrogen) atoms. The molecular formula is C14H12BrF2N. The first-order valence-electron chi connectivity index (χ1n) is 5.45. The summed E-state index contributed by atoms with van der Waals surface area (Å²) in [5.74, 6) is -0.660. The van der Waals surface area contributed by atoms with Crippen LogP contribution in [-0.2, 0) is 0 Å². The van der Waals surface area contributed by atoms with Crippen molar-refractivity contribution in [1.82, 2.24) is 0 Å². The molecule has 0 aliphatic rings. The first-order valence-corrected chi connectivity index (χ1v) is 6.24. The lowest BCUT2D eigenvalue weighted by Gasteiger charge is -2.15. The van der Waals surface area contributed by atoms with Gasteiger partial charge in [-0.15, -0.1) is 0 Å². The molecule has 0 bridgehead atoms. The maximum Gasteiger partial charge on any atom is 0.124 e. The lowest BCUT2D eigenvalue weighted by molar-refractivity contribution is 0.620. The number of benzene rings is 2. The fraction of sp³-hybridized carbons (Fsp3) is 0.143. The first kappa shape index (κ1) is 13.2. The smallest absolute Gasteiger partial charge is 0.124 e. The second-order valence-corrected chi connectivity index (χ2v) is 5.06. The summed E-state index contributed by atoms with van der Waals surface area (Å²) >= 11 is 3.27. The third-order valence-corrected chi connectivity index (χ3v) is 3.41. The predicted molar refractivity (Wildman–Crippen MR) is 71.3 cm³/mol. The van der Waals surface area contributed by atoms with Crippen LogP contribution in [0.2, 0.25) is 0 Å². The van der Waals surface area contributed by atoms with Gasteiger partial charge in [0.05, 0.1) is 6.04 Å². The zero-order chi connectivity index (χ0) is 13.3. The van der Waals surface area contributed by atoms with E-state index in [2.05, 4.69) is 15.9 Å². The van der Waals surface area contributed by atoms with Crippen LogP contribution in [0.5, 0.6) is 0 Å². The zero-order valence-corrected chi connectivity index (χ0v) is 11.3. The lowest BCUT2D eigenvalue weighted by Crippen LogP contribution is -2.13. The Labute approximate surface area is 113 Å². The van der Waals surface area contributed by atoms with E-state index in [0.29, 0.717) is 10.0 Å². The van der Waals surface area contributed by atoms with Gasteiger partial charge in [-0.2, -0.15) is 0 Å². The third kappa shape index (κ3) is 2.76. The van der Waals surface area contributed by atoms with Crippen molar-refractivity contribution in [2.24, 2.45) is 5.73 Å². The lowest BCUT2D eigenvalue weighted by atomic mass is 9.98. The molecule has 0 fully saturated rings. The van der Waals surface area contributed by atoms with Crippen LogP contribution in [0.15, 0.2) is 40.9 Å². The summed E-state index contributed by atoms with van der Waals surface area (Å²) in [7, 11) is 0. The van der Waals surface area contributed by atoms with Crippen molar-refractivity contribution in [2.75, 3.05) is 0 Å². The first-order chi connectivity index (χ1) is 8.47. The van der Waals surface area contributed by atoms with E-state index < -0.39 is 6.04 Å². The fourth-order valence-corrected chi connectivity index (χ4v) is 2.47. The average Bonchev–Trinajstić information content (AvgIpc) is 2.26. The van der Waals surface area contributed by atoms with Crippen LogP contribution >= 0.6 is 15.9 Å². The molecule has 0 saturated heterocycles. The van der Waals surface area contributed by atoms with Gasteiger partial charge < -0.3 is 5.73 Å². The molecule has 4 heteroatoms. The molecule has 1 unspecified atom stereocenters. The number of rotatable bonds is 2. The monoisotopic (exact) mass is 311 g/mol. The van der Waals surface area contributed by atoms with Gasteiger partial charge >= 0.3 is 0 Å². The predicted octanol–water partition coefficient (Wildman–Crippen LogP) is 4.08. The van der Waals surface area contributed by atoms with Gasteiger partial charge in [-0.05, 0) is 47.9 Å². The SMILES string of the molecule is Cc1cc(F)cc(C(N)c2ccc(F)cc2Br)c1. The normalized spacial score (nSPS) is 12.5. The molecule has 0 aliphatic carbocycles. The molecule has 2 aromatic rings. The van der Waals surface area contributed by atoms with Crippen LogP contribution in [0.25, 0.3) is 0 Å². The van der Waals surface area contributed by atoms with Gasteiger partial charge in [0, 0.05) is 4.47 Å². The molecule has 0 heterocycles. The maximum atomic E-state index is 13.3. The van der Waals surface area contributed by atoms with Crippen molar-refractivity contribution in [2.45, 2.75) is 13.0 Å². The van der Waals surface area contributed by atoms with E-state index in [-0.39, 0.29) is 11.6 Å². The molecule has 0 aliphatic heterocycles. The van der Waals surface area contributed by atoms with Crippen molar-refractivity contribution >= 4 is 15.9 Å². The van der Waals surface area contributed by atoms with E-state index in [1.54, 1.807) is 13.0 Å². The second-order valence-electron chi connectivity index (χ2n) is 4.21. The molecular weight excluding hydrogens is 300 g/mol. The van der Waals surface area contributed by atoms with E-state index in [1.165, 1.54) is 24.3 Å². The molecule has 0 spiro atoms. The minimum absolute atomic E-state index is 0.321. The van der Waals surface area contributed by atoms with Gasteiger partial charge in [-0.25, -0.2) is 8.78 Å². The third-order valence-electron chi connectivity index (χ3n) is 2.72. The van der Waals surface area contributed by atoms with Crippen molar-refractivity contribution in [3.8, 4) is 0 Å². The van der Waals surface area contributed by atoms with Gasteiger partial charge in [0.1, 0.15) is 11.6 Å². The average molecular weight is 312 g/mol. The van der Waals surface area contributed by atoms with E-state index in [1.807, 2.05) is 6.07 Å². The topological polar surface area (TPSA) is 26.0 Å². The molecule has 94 valence electrons. The summed E-state index contributed by atoms with van der Waals surface area (Å²) in [6.07, 6.45) is 0. The number of aryl methyl sites for hydroxylation is 1. The van der Waals surface area contributed by atoms with Gasteiger partial charge in [0.2, 0.25) is 0 Å². The summed E-state index contributed by atoms with van der Waals surface area (Å²) in [5.41, 5.74) is 8.28. The number of hydrogen-bond acceptors (Lipinski definition) is 1. The maximum absolute atomic E-state index is 13.3. The Hall–Kier alpha value is -1.26. The van der Waals surface area contributed by atoms with Gasteiger partial charge in [-0.1, -0.05) is 28.1 Å². The highest BCUT2D eigenvalue weighted by atomic mass is 79.9. The van der Waals surface area contributed by atoms with Crippen LogP contribution in [0.1, 0.15) is 22.7 Å². The van der Waals surface area contributed by atoms with Crippen molar-refractivity contribution in [1.29, 1.82) is 0 Å². The molecule has 2 rings (SSSR count). The quantitative estimate of drug-likeness (QED) is 0.888. The Morgan fingerprint density at radius 2 is 1.78 bits per heavy atom.